The molecule has 2 rings (SSSR count). The van der Waals surface area contributed by atoms with Crippen molar-refractivity contribution in [2.45, 2.75) is 38.5 Å². The van der Waals surface area contributed by atoms with Gasteiger partial charge in [0, 0.05) is 32.6 Å². The number of rotatable bonds is 5. The van der Waals surface area contributed by atoms with Crippen molar-refractivity contribution in [3.05, 3.63) is 0 Å². The molecule has 0 radical (unpaired) electrons. The number of nitrogens with zero attached hydrogens (tertiary/aromatic N) is 2. The largest absolute Gasteiger partial charge is 0.341 e. The fraction of sp³-hybridized carbons (Fsp3) is 0.867. The lowest BCUT2D eigenvalue weighted by atomic mass is 9.98. The van der Waals surface area contributed by atoms with Crippen LogP contribution in [0.15, 0.2) is 0 Å². The lowest BCUT2D eigenvalue weighted by Crippen LogP contribution is -2.48. The number of carbonyl (C=O) groups excluding carboxylic acids is 2. The van der Waals surface area contributed by atoms with Crippen molar-refractivity contribution in [2.24, 2.45) is 5.92 Å². The van der Waals surface area contributed by atoms with Crippen molar-refractivity contribution in [3.8, 4) is 0 Å². The van der Waals surface area contributed by atoms with E-state index in [9.17, 15) is 18.0 Å². The fourth-order valence-corrected chi connectivity index (χ4v) is 3.73. The van der Waals surface area contributed by atoms with Crippen molar-refractivity contribution in [3.63, 3.8) is 0 Å². The van der Waals surface area contributed by atoms with E-state index in [4.69, 9.17) is 0 Å². The zero-order valence-electron chi connectivity index (χ0n) is 13.8. The first kappa shape index (κ1) is 18.2. The molecule has 8 heteroatoms. The third kappa shape index (κ3) is 6.10. The number of carbonyl (C=O) groups is 2. The molecule has 0 aliphatic carbocycles. The summed E-state index contributed by atoms with van der Waals surface area (Å²) in [4.78, 5) is 27.9. The first-order valence-electron chi connectivity index (χ1n) is 8.35. The van der Waals surface area contributed by atoms with E-state index in [-0.39, 0.29) is 24.3 Å². The molecular weight excluding hydrogens is 318 g/mol. The van der Waals surface area contributed by atoms with Crippen LogP contribution in [0.25, 0.3) is 0 Å². The molecule has 1 unspecified atom stereocenters. The highest BCUT2D eigenvalue weighted by Crippen LogP contribution is 2.17. The highest BCUT2D eigenvalue weighted by molar-refractivity contribution is 7.88. The van der Waals surface area contributed by atoms with Gasteiger partial charge in [-0.2, -0.15) is 0 Å². The molecule has 1 N–H and O–H groups in total. The molecule has 2 saturated heterocycles. The number of amides is 2. The molecule has 2 aliphatic rings. The summed E-state index contributed by atoms with van der Waals surface area (Å²) in [5.74, 6) is 0.190. The zero-order chi connectivity index (χ0) is 16.9. The molecule has 0 bridgehead atoms. The number of likely N-dealkylation sites (tertiary alicyclic amines) is 2. The lowest BCUT2D eigenvalue weighted by molar-refractivity contribution is -0.141. The molecule has 0 spiro atoms. The Labute approximate surface area is 138 Å². The van der Waals surface area contributed by atoms with Gasteiger partial charge in [-0.15, -0.1) is 0 Å². The lowest BCUT2D eigenvalue weighted by Gasteiger charge is -2.34. The maximum absolute atomic E-state index is 12.5. The van der Waals surface area contributed by atoms with E-state index >= 15 is 0 Å². The Hall–Kier alpha value is -1.15. The molecule has 0 aromatic rings. The molecular formula is C15H27N3O4S. The van der Waals surface area contributed by atoms with Crippen molar-refractivity contribution >= 4 is 21.8 Å². The molecule has 1 atom stereocenters. The minimum absolute atomic E-state index is 0.0238. The third-order valence-electron chi connectivity index (χ3n) is 4.50. The van der Waals surface area contributed by atoms with Crippen LogP contribution >= 0.6 is 0 Å². The average Bonchev–Trinajstić information content (AvgIpc) is 2.70. The van der Waals surface area contributed by atoms with E-state index in [1.54, 1.807) is 9.80 Å². The SMILES string of the molecule is CS(=O)(=O)NCC1CCCN(C(=O)CN2CCCCCC2=O)C1. The van der Waals surface area contributed by atoms with Gasteiger partial charge in [-0.1, -0.05) is 6.42 Å². The van der Waals surface area contributed by atoms with Gasteiger partial charge < -0.3 is 9.80 Å². The molecule has 0 aromatic carbocycles. The number of hydrogen-bond acceptors (Lipinski definition) is 4. The zero-order valence-corrected chi connectivity index (χ0v) is 14.6. The second kappa shape index (κ2) is 8.10. The highest BCUT2D eigenvalue weighted by Gasteiger charge is 2.27. The minimum Gasteiger partial charge on any atom is -0.341 e. The average molecular weight is 345 g/mol. The fourth-order valence-electron chi connectivity index (χ4n) is 3.20. The predicted octanol–water partition coefficient (Wildman–Crippen LogP) is 0.177. The van der Waals surface area contributed by atoms with Gasteiger partial charge in [0.1, 0.15) is 0 Å². The second-order valence-corrected chi connectivity index (χ2v) is 8.43. The van der Waals surface area contributed by atoms with Gasteiger partial charge in [0.15, 0.2) is 0 Å². The van der Waals surface area contributed by atoms with Gasteiger partial charge in [0.05, 0.1) is 12.8 Å². The third-order valence-corrected chi connectivity index (χ3v) is 5.19. The van der Waals surface area contributed by atoms with E-state index in [0.717, 1.165) is 38.4 Å². The van der Waals surface area contributed by atoms with Crippen molar-refractivity contribution in [2.75, 3.05) is 39.0 Å². The summed E-state index contributed by atoms with van der Waals surface area (Å²) in [5.41, 5.74) is 0. The van der Waals surface area contributed by atoms with Crippen LogP contribution in [0.4, 0.5) is 0 Å². The Balaban J connectivity index is 1.84. The van der Waals surface area contributed by atoms with Gasteiger partial charge in [-0.25, -0.2) is 13.1 Å². The van der Waals surface area contributed by atoms with Crippen molar-refractivity contribution in [1.82, 2.24) is 14.5 Å². The van der Waals surface area contributed by atoms with Crippen LogP contribution in [-0.4, -0.2) is 69.0 Å². The summed E-state index contributed by atoms with van der Waals surface area (Å²) in [5, 5.41) is 0. The number of sulfonamides is 1. The van der Waals surface area contributed by atoms with Crippen LogP contribution in [-0.2, 0) is 19.6 Å². The molecule has 2 fully saturated rings. The predicted molar refractivity (Wildman–Crippen MR) is 87.2 cm³/mol. The van der Waals surface area contributed by atoms with Gasteiger partial charge in [-0.05, 0) is 31.6 Å². The van der Waals surface area contributed by atoms with Gasteiger partial charge >= 0.3 is 0 Å². The molecule has 23 heavy (non-hydrogen) atoms. The minimum atomic E-state index is -3.20. The molecule has 2 aliphatic heterocycles. The summed E-state index contributed by atoms with van der Waals surface area (Å²) >= 11 is 0. The summed E-state index contributed by atoms with van der Waals surface area (Å²) in [6.07, 6.45) is 6.37. The van der Waals surface area contributed by atoms with Crippen molar-refractivity contribution in [1.29, 1.82) is 0 Å². The normalized spacial score (nSPS) is 23.7. The summed E-state index contributed by atoms with van der Waals surface area (Å²) in [6, 6.07) is 0. The number of nitrogens with one attached hydrogen (secondary N) is 1. The van der Waals surface area contributed by atoms with Crippen molar-refractivity contribution < 1.29 is 18.0 Å². The maximum atomic E-state index is 12.5. The van der Waals surface area contributed by atoms with Gasteiger partial charge in [-0.3, -0.25) is 9.59 Å². The van der Waals surface area contributed by atoms with Crippen LogP contribution in [0.5, 0.6) is 0 Å². The number of piperidine rings is 1. The van der Waals surface area contributed by atoms with Crippen LogP contribution in [0.3, 0.4) is 0 Å². The Morgan fingerprint density at radius 2 is 2.00 bits per heavy atom. The maximum Gasteiger partial charge on any atom is 0.242 e. The van der Waals surface area contributed by atoms with Gasteiger partial charge in [0.2, 0.25) is 21.8 Å². The molecule has 132 valence electrons. The smallest absolute Gasteiger partial charge is 0.242 e. The highest BCUT2D eigenvalue weighted by atomic mass is 32.2. The standard InChI is InChI=1S/C15H27N3O4S/c1-23(21,22)16-10-13-6-5-9-17(11-13)15(20)12-18-8-4-2-3-7-14(18)19/h13,16H,2-12H2,1H3. The quantitative estimate of drug-likeness (QED) is 0.770. The molecule has 0 saturated carbocycles. The van der Waals surface area contributed by atoms with Crippen LogP contribution < -0.4 is 4.72 Å². The molecule has 0 aromatic heterocycles. The van der Waals surface area contributed by atoms with E-state index in [2.05, 4.69) is 4.72 Å². The van der Waals surface area contributed by atoms with Crippen LogP contribution in [0.2, 0.25) is 0 Å². The Morgan fingerprint density at radius 1 is 1.22 bits per heavy atom. The molecule has 7 nitrogen and oxygen atoms in total. The topological polar surface area (TPSA) is 86.8 Å². The second-order valence-electron chi connectivity index (χ2n) is 6.59. The van der Waals surface area contributed by atoms with E-state index < -0.39 is 10.0 Å². The van der Waals surface area contributed by atoms with E-state index in [1.807, 2.05) is 0 Å². The first-order chi connectivity index (χ1) is 10.8. The van der Waals surface area contributed by atoms with E-state index in [1.165, 1.54) is 0 Å². The van der Waals surface area contributed by atoms with E-state index in [0.29, 0.717) is 32.6 Å². The number of hydrogen-bond donors (Lipinski definition) is 1. The summed E-state index contributed by atoms with van der Waals surface area (Å²) < 4.78 is 24.9. The van der Waals surface area contributed by atoms with Gasteiger partial charge in [0.25, 0.3) is 0 Å². The Bertz CT molecular complexity index is 535. The van der Waals surface area contributed by atoms with Crippen LogP contribution in [0.1, 0.15) is 38.5 Å². The summed E-state index contributed by atoms with van der Waals surface area (Å²) in [7, 11) is -3.20. The summed E-state index contributed by atoms with van der Waals surface area (Å²) in [6.45, 7) is 2.44. The molecule has 2 heterocycles. The Morgan fingerprint density at radius 3 is 2.74 bits per heavy atom. The molecule has 2 amide bonds. The Kier molecular flexibility index (Phi) is 6.41. The first-order valence-corrected chi connectivity index (χ1v) is 10.2. The van der Waals surface area contributed by atoms with Crippen LogP contribution in [0, 0.1) is 5.92 Å². The monoisotopic (exact) mass is 345 g/mol.